The molecular weight excluding hydrogens is 226 g/mol. The number of carbonyl (C=O) groups excluding carboxylic acids is 1. The van der Waals surface area contributed by atoms with E-state index in [0.29, 0.717) is 26.3 Å². The highest BCUT2D eigenvalue weighted by Crippen LogP contribution is 2.01. The van der Waals surface area contributed by atoms with Gasteiger partial charge in [-0.1, -0.05) is 0 Å². The van der Waals surface area contributed by atoms with Crippen molar-refractivity contribution in [2.75, 3.05) is 54.2 Å². The molecule has 1 unspecified atom stereocenters. The summed E-state index contributed by atoms with van der Waals surface area (Å²) in [4.78, 5) is 13.5. The molecular formula is C10H23N3O4. The van der Waals surface area contributed by atoms with Crippen LogP contribution in [0.25, 0.3) is 0 Å². The van der Waals surface area contributed by atoms with Crippen LogP contribution in [0.1, 0.15) is 0 Å². The fourth-order valence-electron chi connectivity index (χ4n) is 1.44. The molecule has 7 heteroatoms. The van der Waals surface area contributed by atoms with Crippen molar-refractivity contribution in [2.45, 2.75) is 6.04 Å². The maximum absolute atomic E-state index is 11.6. The summed E-state index contributed by atoms with van der Waals surface area (Å²) in [6, 6.07) is -0.435. The van der Waals surface area contributed by atoms with E-state index >= 15 is 0 Å². The van der Waals surface area contributed by atoms with Gasteiger partial charge in [-0.15, -0.1) is 0 Å². The largest absolute Gasteiger partial charge is 0.383 e. The second kappa shape index (κ2) is 10.4. The van der Waals surface area contributed by atoms with Crippen LogP contribution >= 0.6 is 0 Å². The van der Waals surface area contributed by atoms with E-state index in [1.54, 1.807) is 21.3 Å². The predicted molar refractivity (Wildman–Crippen MR) is 63.3 cm³/mol. The third-order valence-corrected chi connectivity index (χ3v) is 2.38. The summed E-state index contributed by atoms with van der Waals surface area (Å²) in [5.74, 6) is 4.88. The molecule has 0 radical (unpaired) electrons. The van der Waals surface area contributed by atoms with Crippen molar-refractivity contribution in [1.82, 2.24) is 10.3 Å². The van der Waals surface area contributed by atoms with Gasteiger partial charge in [0.2, 0.25) is 0 Å². The Hall–Kier alpha value is -0.730. The zero-order valence-electron chi connectivity index (χ0n) is 10.8. The number of methoxy groups -OCH3 is 3. The minimum absolute atomic E-state index is 0.274. The lowest BCUT2D eigenvalue weighted by molar-refractivity contribution is -0.129. The maximum atomic E-state index is 11.6. The van der Waals surface area contributed by atoms with Gasteiger partial charge >= 0.3 is 0 Å². The van der Waals surface area contributed by atoms with E-state index in [2.05, 4.69) is 5.43 Å². The topological polar surface area (TPSA) is 86.0 Å². The molecule has 3 N–H and O–H groups in total. The average Bonchev–Trinajstić information content (AvgIpc) is 2.36. The number of hydrazine groups is 1. The molecule has 0 aliphatic carbocycles. The Morgan fingerprint density at radius 3 is 2.06 bits per heavy atom. The van der Waals surface area contributed by atoms with Crippen molar-refractivity contribution in [2.24, 2.45) is 5.84 Å². The van der Waals surface area contributed by atoms with Crippen LogP contribution in [0.15, 0.2) is 0 Å². The molecule has 0 rings (SSSR count). The fourth-order valence-corrected chi connectivity index (χ4v) is 1.44. The second-order valence-corrected chi connectivity index (χ2v) is 3.50. The Morgan fingerprint density at radius 2 is 1.71 bits per heavy atom. The highest BCUT2D eigenvalue weighted by Gasteiger charge is 2.24. The van der Waals surface area contributed by atoms with Crippen LogP contribution in [0, 0.1) is 0 Å². The van der Waals surface area contributed by atoms with Gasteiger partial charge in [-0.3, -0.25) is 15.1 Å². The Kier molecular flexibility index (Phi) is 9.98. The first-order chi connectivity index (χ1) is 8.21. The number of carbonyl (C=O) groups is 1. The van der Waals surface area contributed by atoms with Crippen LogP contribution in [0.4, 0.5) is 0 Å². The maximum Gasteiger partial charge on any atom is 0.253 e. The minimum Gasteiger partial charge on any atom is -0.383 e. The van der Waals surface area contributed by atoms with E-state index in [0.717, 1.165) is 0 Å². The molecule has 7 nitrogen and oxygen atoms in total. The Labute approximate surface area is 102 Å². The van der Waals surface area contributed by atoms with E-state index in [1.807, 2.05) is 4.90 Å². The van der Waals surface area contributed by atoms with Crippen molar-refractivity contribution in [1.29, 1.82) is 0 Å². The third-order valence-electron chi connectivity index (χ3n) is 2.38. The Bertz CT molecular complexity index is 196. The van der Waals surface area contributed by atoms with Crippen LogP contribution in [-0.4, -0.2) is 71.1 Å². The van der Waals surface area contributed by atoms with Crippen LogP contribution in [-0.2, 0) is 19.0 Å². The van der Waals surface area contributed by atoms with Crippen LogP contribution in [0.5, 0.6) is 0 Å². The summed E-state index contributed by atoms with van der Waals surface area (Å²) in [6.45, 7) is 2.56. The monoisotopic (exact) mass is 249 g/mol. The minimum atomic E-state index is -0.435. The molecule has 0 bridgehead atoms. The molecule has 0 saturated heterocycles. The van der Waals surface area contributed by atoms with Gasteiger partial charge < -0.3 is 14.2 Å². The van der Waals surface area contributed by atoms with Crippen molar-refractivity contribution in [3.05, 3.63) is 0 Å². The number of ether oxygens (including phenoxy) is 3. The normalized spacial score (nSPS) is 12.8. The number of nitrogens with zero attached hydrogens (tertiary/aromatic N) is 1. The zero-order chi connectivity index (χ0) is 13.1. The van der Waals surface area contributed by atoms with E-state index in [-0.39, 0.29) is 12.5 Å². The molecule has 1 amide bonds. The Morgan fingerprint density at radius 1 is 1.18 bits per heavy atom. The van der Waals surface area contributed by atoms with Crippen molar-refractivity contribution in [3.8, 4) is 0 Å². The molecule has 17 heavy (non-hydrogen) atoms. The molecule has 102 valence electrons. The summed E-state index contributed by atoms with van der Waals surface area (Å²) >= 11 is 0. The van der Waals surface area contributed by atoms with E-state index in [9.17, 15) is 4.79 Å². The quantitative estimate of drug-likeness (QED) is 0.281. The molecule has 0 aliphatic heterocycles. The molecule has 0 saturated carbocycles. The van der Waals surface area contributed by atoms with Crippen molar-refractivity contribution < 1.29 is 19.0 Å². The molecule has 0 aromatic rings. The predicted octanol–water partition coefficient (Wildman–Crippen LogP) is -1.41. The number of hydrogen-bond donors (Lipinski definition) is 2. The smallest absolute Gasteiger partial charge is 0.253 e. The van der Waals surface area contributed by atoms with Crippen LogP contribution < -0.4 is 11.3 Å². The summed E-state index contributed by atoms with van der Waals surface area (Å²) in [5.41, 5.74) is 2.14. The van der Waals surface area contributed by atoms with Gasteiger partial charge in [0.25, 0.3) is 5.91 Å². The number of amides is 1. The van der Waals surface area contributed by atoms with Crippen molar-refractivity contribution in [3.63, 3.8) is 0 Å². The van der Waals surface area contributed by atoms with Crippen molar-refractivity contribution >= 4 is 5.91 Å². The van der Waals surface area contributed by atoms with Crippen LogP contribution in [0.3, 0.4) is 0 Å². The lowest BCUT2D eigenvalue weighted by Gasteiger charge is -2.29. The zero-order valence-corrected chi connectivity index (χ0v) is 10.8. The fraction of sp³-hybridized carbons (Fsp3) is 0.900. The third kappa shape index (κ3) is 6.54. The number of rotatable bonds is 10. The van der Waals surface area contributed by atoms with E-state index in [4.69, 9.17) is 20.1 Å². The second-order valence-electron chi connectivity index (χ2n) is 3.50. The lowest BCUT2D eigenvalue weighted by atomic mass is 10.2. The lowest BCUT2D eigenvalue weighted by Crippen LogP contribution is -2.53. The Balaban J connectivity index is 4.47. The molecule has 1 atom stereocenters. The highest BCUT2D eigenvalue weighted by molar-refractivity contribution is 5.81. The van der Waals surface area contributed by atoms with Gasteiger partial charge in [-0.2, -0.15) is 0 Å². The SMILES string of the molecule is COCCN(CCOC)C(COC)C(=O)NN. The number of hydrogen-bond acceptors (Lipinski definition) is 6. The van der Waals surface area contributed by atoms with E-state index in [1.165, 1.54) is 0 Å². The molecule has 0 spiro atoms. The number of nitrogens with two attached hydrogens (primary N) is 1. The molecule has 0 aliphatic rings. The standard InChI is InChI=1S/C10H23N3O4/c1-15-6-4-13(5-7-16-2)9(8-17-3)10(14)12-11/h9H,4-8,11H2,1-3H3,(H,12,14). The first kappa shape index (κ1) is 16.3. The molecule has 0 aromatic carbocycles. The summed E-state index contributed by atoms with van der Waals surface area (Å²) < 4.78 is 15.0. The van der Waals surface area contributed by atoms with Crippen LogP contribution in [0.2, 0.25) is 0 Å². The first-order valence-electron chi connectivity index (χ1n) is 5.42. The van der Waals surface area contributed by atoms with Gasteiger partial charge in [0.15, 0.2) is 0 Å². The van der Waals surface area contributed by atoms with Gasteiger partial charge in [-0.25, -0.2) is 5.84 Å². The summed E-state index contributed by atoms with van der Waals surface area (Å²) in [5, 5.41) is 0. The molecule has 0 fully saturated rings. The van der Waals surface area contributed by atoms with Gasteiger partial charge in [0.05, 0.1) is 19.8 Å². The average molecular weight is 249 g/mol. The van der Waals surface area contributed by atoms with Gasteiger partial charge in [0.1, 0.15) is 6.04 Å². The van der Waals surface area contributed by atoms with Gasteiger partial charge in [0, 0.05) is 34.4 Å². The molecule has 0 heterocycles. The van der Waals surface area contributed by atoms with Gasteiger partial charge in [-0.05, 0) is 0 Å². The van der Waals surface area contributed by atoms with E-state index < -0.39 is 6.04 Å². The molecule has 0 aromatic heterocycles. The highest BCUT2D eigenvalue weighted by atomic mass is 16.5. The first-order valence-corrected chi connectivity index (χ1v) is 5.42. The summed E-state index contributed by atoms with van der Waals surface area (Å²) in [7, 11) is 4.77. The summed E-state index contributed by atoms with van der Waals surface area (Å²) in [6.07, 6.45) is 0. The number of nitrogens with one attached hydrogen (secondary N) is 1.